The molecular weight excluding hydrogens is 482 g/mol. The molecule has 0 saturated heterocycles. The lowest BCUT2D eigenvalue weighted by atomic mass is 9.90. The van der Waals surface area contributed by atoms with Gasteiger partial charge in [-0.3, -0.25) is 0 Å². The number of hydrogen-bond acceptors (Lipinski definition) is 2. The first kappa shape index (κ1) is 25.8. The van der Waals surface area contributed by atoms with Gasteiger partial charge >= 0.3 is 0 Å². The van der Waals surface area contributed by atoms with Gasteiger partial charge in [0.15, 0.2) is 34.8 Å². The van der Waals surface area contributed by atoms with Crippen molar-refractivity contribution in [3.63, 3.8) is 0 Å². The Morgan fingerprint density at radius 1 is 0.750 bits per heavy atom. The fourth-order valence-corrected chi connectivity index (χ4v) is 4.22. The van der Waals surface area contributed by atoms with Crippen LogP contribution in [0.5, 0.6) is 5.75 Å². The maximum absolute atomic E-state index is 15.0. The van der Waals surface area contributed by atoms with Gasteiger partial charge in [0.05, 0.1) is 19.3 Å². The van der Waals surface area contributed by atoms with E-state index in [4.69, 9.17) is 9.47 Å². The summed E-state index contributed by atoms with van der Waals surface area (Å²) in [6.07, 6.45) is 2.59. The van der Waals surface area contributed by atoms with E-state index in [9.17, 15) is 26.3 Å². The van der Waals surface area contributed by atoms with E-state index in [0.29, 0.717) is 24.8 Å². The van der Waals surface area contributed by atoms with Crippen molar-refractivity contribution in [1.29, 1.82) is 0 Å². The van der Waals surface area contributed by atoms with Gasteiger partial charge in [-0.25, -0.2) is 22.0 Å². The van der Waals surface area contributed by atoms with Gasteiger partial charge in [0, 0.05) is 22.3 Å². The van der Waals surface area contributed by atoms with Crippen LogP contribution in [0, 0.1) is 41.8 Å². The molecule has 0 saturated carbocycles. The van der Waals surface area contributed by atoms with Crippen LogP contribution in [0.25, 0.3) is 16.7 Å². The van der Waals surface area contributed by atoms with Crippen LogP contribution in [-0.4, -0.2) is 12.7 Å². The third-order valence-electron chi connectivity index (χ3n) is 6.26. The van der Waals surface area contributed by atoms with E-state index in [1.54, 1.807) is 13.0 Å². The van der Waals surface area contributed by atoms with E-state index in [1.165, 1.54) is 37.3 Å². The molecule has 190 valence electrons. The zero-order valence-electron chi connectivity index (χ0n) is 19.7. The largest absolute Gasteiger partial charge is 0.491 e. The summed E-state index contributed by atoms with van der Waals surface area (Å²) < 4.78 is 97.2. The fourth-order valence-electron chi connectivity index (χ4n) is 4.22. The van der Waals surface area contributed by atoms with E-state index in [1.807, 2.05) is 0 Å². The van der Waals surface area contributed by atoms with Gasteiger partial charge in [-0.15, -0.1) is 0 Å². The Morgan fingerprint density at radius 2 is 1.39 bits per heavy atom. The highest BCUT2D eigenvalue weighted by molar-refractivity contribution is 5.72. The van der Waals surface area contributed by atoms with Crippen LogP contribution in [0.1, 0.15) is 42.9 Å². The molecule has 3 aromatic carbocycles. The Balaban J connectivity index is 1.49. The minimum atomic E-state index is -1.33. The summed E-state index contributed by atoms with van der Waals surface area (Å²) >= 11 is 0. The molecule has 3 aromatic rings. The van der Waals surface area contributed by atoms with Crippen molar-refractivity contribution in [2.75, 3.05) is 6.61 Å². The van der Waals surface area contributed by atoms with E-state index in [-0.39, 0.29) is 41.8 Å². The molecule has 1 aliphatic rings. The molecule has 0 N–H and O–H groups in total. The Kier molecular flexibility index (Phi) is 7.73. The first-order valence-electron chi connectivity index (χ1n) is 11.6. The number of benzene rings is 3. The van der Waals surface area contributed by atoms with E-state index in [2.05, 4.69) is 0 Å². The molecule has 0 spiro atoms. The Morgan fingerprint density at radius 3 is 2.06 bits per heavy atom. The molecule has 4 rings (SSSR count). The van der Waals surface area contributed by atoms with Crippen molar-refractivity contribution in [3.8, 4) is 16.9 Å². The van der Waals surface area contributed by atoms with Gasteiger partial charge < -0.3 is 9.47 Å². The second kappa shape index (κ2) is 10.8. The monoisotopic (exact) mass is 506 g/mol. The summed E-state index contributed by atoms with van der Waals surface area (Å²) in [5.41, 5.74) is 0.0639. The van der Waals surface area contributed by atoms with Gasteiger partial charge in [-0.05, 0) is 56.4 Å². The van der Waals surface area contributed by atoms with Crippen LogP contribution >= 0.6 is 0 Å². The molecule has 36 heavy (non-hydrogen) atoms. The predicted molar refractivity (Wildman–Crippen MR) is 124 cm³/mol. The van der Waals surface area contributed by atoms with Gasteiger partial charge in [-0.1, -0.05) is 30.3 Å². The summed E-state index contributed by atoms with van der Waals surface area (Å²) in [6, 6.07) is 7.80. The van der Waals surface area contributed by atoms with Gasteiger partial charge in [-0.2, -0.15) is 4.39 Å². The first-order chi connectivity index (χ1) is 17.2. The van der Waals surface area contributed by atoms with Gasteiger partial charge in [0.25, 0.3) is 0 Å². The molecule has 0 aliphatic heterocycles. The van der Waals surface area contributed by atoms with E-state index >= 15 is 0 Å². The number of aryl methyl sites for hydroxylation is 1. The van der Waals surface area contributed by atoms with Crippen molar-refractivity contribution >= 4 is 5.57 Å². The van der Waals surface area contributed by atoms with Crippen LogP contribution in [0.15, 0.2) is 42.5 Å². The maximum atomic E-state index is 15.0. The number of ether oxygens (including phenoxy) is 2. The molecule has 1 unspecified atom stereocenters. The maximum Gasteiger partial charge on any atom is 0.201 e. The topological polar surface area (TPSA) is 18.5 Å². The van der Waals surface area contributed by atoms with Crippen molar-refractivity contribution < 1.29 is 35.8 Å². The lowest BCUT2D eigenvalue weighted by Crippen LogP contribution is -2.16. The highest BCUT2D eigenvalue weighted by Crippen LogP contribution is 2.36. The van der Waals surface area contributed by atoms with Crippen LogP contribution in [0.4, 0.5) is 26.3 Å². The summed E-state index contributed by atoms with van der Waals surface area (Å²) in [5.74, 6) is -7.20. The summed E-state index contributed by atoms with van der Waals surface area (Å²) in [7, 11) is 0. The molecule has 0 amide bonds. The molecule has 0 aromatic heterocycles. The number of rotatable bonds is 7. The third-order valence-corrected chi connectivity index (χ3v) is 6.26. The lowest BCUT2D eigenvalue weighted by molar-refractivity contribution is 0.0342. The molecule has 0 radical (unpaired) electrons. The Hall–Kier alpha value is -3.26. The predicted octanol–water partition coefficient (Wildman–Crippen LogP) is 8.05. The summed E-state index contributed by atoms with van der Waals surface area (Å²) in [6.45, 7) is 3.09. The Bertz CT molecular complexity index is 1320. The number of allylic oxidation sites excluding steroid dienone is 1. The molecular formula is C28H24F6O2. The average Bonchev–Trinajstić information content (AvgIpc) is 2.88. The fraction of sp³-hybridized carbons (Fsp3) is 0.286. The third kappa shape index (κ3) is 5.00. The SMILES string of the molecule is CCOc1ccc(-c2ccc(C3=CCC(OCc4ccc(C)c(F)c4F)CC3)c(F)c2F)c(F)c1F. The second-order valence-corrected chi connectivity index (χ2v) is 8.57. The van der Waals surface area contributed by atoms with Crippen LogP contribution < -0.4 is 4.74 Å². The standard InChI is InChI=1S/C28H24F6O2/c1-3-35-22-13-12-21(27(33)28(22)34)20-11-10-19(25(31)26(20)32)16-6-8-18(9-7-16)36-14-17-5-4-15(2)23(29)24(17)30/h4-6,10-13,18H,3,7-9,14H2,1-2H3. The van der Waals surface area contributed by atoms with E-state index < -0.39 is 46.0 Å². The zero-order chi connectivity index (χ0) is 26.0. The molecule has 8 heteroatoms. The average molecular weight is 506 g/mol. The number of halogens is 6. The number of hydrogen-bond donors (Lipinski definition) is 0. The minimum Gasteiger partial charge on any atom is -0.491 e. The van der Waals surface area contributed by atoms with E-state index in [0.717, 1.165) is 6.07 Å². The van der Waals surface area contributed by atoms with Gasteiger partial charge in [0.1, 0.15) is 0 Å². The zero-order valence-corrected chi connectivity index (χ0v) is 19.7. The van der Waals surface area contributed by atoms with Crippen molar-refractivity contribution in [3.05, 3.63) is 94.1 Å². The minimum absolute atomic E-state index is 0.0215. The van der Waals surface area contributed by atoms with Gasteiger partial charge in [0.2, 0.25) is 5.82 Å². The highest BCUT2D eigenvalue weighted by atomic mass is 19.2. The second-order valence-electron chi connectivity index (χ2n) is 8.57. The molecule has 2 nitrogen and oxygen atoms in total. The smallest absolute Gasteiger partial charge is 0.201 e. The molecule has 0 fully saturated rings. The molecule has 0 heterocycles. The van der Waals surface area contributed by atoms with Crippen molar-refractivity contribution in [1.82, 2.24) is 0 Å². The highest BCUT2D eigenvalue weighted by Gasteiger charge is 2.24. The molecule has 1 atom stereocenters. The lowest BCUT2D eigenvalue weighted by Gasteiger charge is -2.23. The Labute approximate surface area is 205 Å². The van der Waals surface area contributed by atoms with Crippen molar-refractivity contribution in [2.45, 2.75) is 45.8 Å². The van der Waals surface area contributed by atoms with Crippen LogP contribution in [-0.2, 0) is 11.3 Å². The first-order valence-corrected chi connectivity index (χ1v) is 11.6. The normalized spacial score (nSPS) is 15.7. The quantitative estimate of drug-likeness (QED) is 0.302. The molecule has 0 bridgehead atoms. The van der Waals surface area contributed by atoms with Crippen LogP contribution in [0.3, 0.4) is 0 Å². The summed E-state index contributed by atoms with van der Waals surface area (Å²) in [5, 5.41) is 0. The van der Waals surface area contributed by atoms with Crippen LogP contribution in [0.2, 0.25) is 0 Å². The summed E-state index contributed by atoms with van der Waals surface area (Å²) in [4.78, 5) is 0. The van der Waals surface area contributed by atoms with Crippen molar-refractivity contribution in [2.24, 2.45) is 0 Å². The molecule has 1 aliphatic carbocycles.